The summed E-state index contributed by atoms with van der Waals surface area (Å²) in [6.45, 7) is 4.11. The molecule has 0 aliphatic heterocycles. The average molecular weight is 366 g/mol. The third-order valence-corrected chi connectivity index (χ3v) is 5.58. The minimum atomic E-state index is -0.613. The Kier molecular flexibility index (Phi) is 4.60. The first kappa shape index (κ1) is 16.9. The van der Waals surface area contributed by atoms with Crippen LogP contribution in [0.3, 0.4) is 0 Å². The van der Waals surface area contributed by atoms with Crippen molar-refractivity contribution in [2.24, 2.45) is 7.05 Å². The lowest BCUT2D eigenvalue weighted by atomic mass is 10.1. The van der Waals surface area contributed by atoms with Crippen molar-refractivity contribution in [3.63, 3.8) is 0 Å². The minimum absolute atomic E-state index is 0.0114. The second-order valence-electron chi connectivity index (χ2n) is 5.67. The van der Waals surface area contributed by atoms with Crippen LogP contribution in [0.15, 0.2) is 18.2 Å². The van der Waals surface area contributed by atoms with Crippen LogP contribution in [0.25, 0.3) is 10.1 Å². The summed E-state index contributed by atoms with van der Waals surface area (Å²) in [6.07, 6.45) is 0.690. The zero-order valence-corrected chi connectivity index (χ0v) is 15.2. The third kappa shape index (κ3) is 3.03. The summed E-state index contributed by atoms with van der Waals surface area (Å²) in [5.74, 6) is -1.04. The molecule has 0 bridgehead atoms. The van der Waals surface area contributed by atoms with Crippen molar-refractivity contribution in [1.29, 1.82) is 0 Å². The Morgan fingerprint density at radius 3 is 2.83 bits per heavy atom. The molecule has 0 saturated carbocycles. The van der Waals surface area contributed by atoms with Gasteiger partial charge >= 0.3 is 0 Å². The van der Waals surface area contributed by atoms with Gasteiger partial charge in [-0.25, -0.2) is 4.68 Å². The van der Waals surface area contributed by atoms with E-state index in [1.54, 1.807) is 18.3 Å². The van der Waals surface area contributed by atoms with E-state index in [0.717, 1.165) is 10.1 Å². The van der Waals surface area contributed by atoms with Crippen LogP contribution < -0.4 is 5.32 Å². The highest BCUT2D eigenvalue weighted by atomic mass is 35.5. The Labute approximate surface area is 148 Å². The van der Waals surface area contributed by atoms with Gasteiger partial charge in [0.1, 0.15) is 5.56 Å². The molecule has 0 fully saturated rings. The van der Waals surface area contributed by atoms with Crippen LogP contribution in [0.4, 0.5) is 4.39 Å². The third-order valence-electron chi connectivity index (χ3n) is 4.01. The number of aryl methyl sites for hydroxylation is 3. The first-order valence-corrected chi connectivity index (χ1v) is 8.72. The highest BCUT2D eigenvalue weighted by Crippen LogP contribution is 2.32. The number of nitrogens with zero attached hydrogens (tertiary/aromatic N) is 2. The number of hydrogen-bond acceptors (Lipinski definition) is 3. The number of fused-ring (bicyclic) bond motifs is 1. The predicted octanol–water partition coefficient (Wildman–Crippen LogP) is 4.02. The first-order chi connectivity index (χ1) is 11.4. The molecule has 126 valence electrons. The van der Waals surface area contributed by atoms with Crippen molar-refractivity contribution in [1.82, 2.24) is 15.1 Å². The van der Waals surface area contributed by atoms with Crippen LogP contribution in [-0.2, 0) is 13.5 Å². The van der Waals surface area contributed by atoms with Crippen molar-refractivity contribution in [2.75, 3.05) is 6.54 Å². The molecule has 2 heterocycles. The Hall–Kier alpha value is -1.92. The molecular weight excluding hydrogens is 349 g/mol. The maximum Gasteiger partial charge on any atom is 0.257 e. The van der Waals surface area contributed by atoms with Crippen LogP contribution in [0.1, 0.15) is 26.5 Å². The number of carbonyl (C=O) groups is 1. The van der Waals surface area contributed by atoms with Gasteiger partial charge in [0.25, 0.3) is 5.91 Å². The Morgan fingerprint density at radius 1 is 1.42 bits per heavy atom. The quantitative estimate of drug-likeness (QED) is 0.759. The number of thiophene rings is 1. The van der Waals surface area contributed by atoms with Crippen molar-refractivity contribution in [3.8, 4) is 0 Å². The fraction of sp³-hybridized carbons (Fsp3) is 0.294. The van der Waals surface area contributed by atoms with Gasteiger partial charge in [-0.3, -0.25) is 4.79 Å². The smallest absolute Gasteiger partial charge is 0.257 e. The summed E-state index contributed by atoms with van der Waals surface area (Å²) >= 11 is 7.74. The number of nitrogens with one attached hydrogen (secondary N) is 1. The van der Waals surface area contributed by atoms with Crippen LogP contribution in [0, 0.1) is 19.8 Å². The molecule has 1 amide bonds. The molecule has 3 aromatic rings. The molecule has 2 aromatic heterocycles. The Morgan fingerprint density at radius 2 is 2.17 bits per heavy atom. The summed E-state index contributed by atoms with van der Waals surface area (Å²) < 4.78 is 16.1. The molecule has 0 atom stereocenters. The van der Waals surface area contributed by atoms with Gasteiger partial charge in [-0.05, 0) is 49.4 Å². The van der Waals surface area contributed by atoms with Crippen LogP contribution in [0.2, 0.25) is 5.02 Å². The van der Waals surface area contributed by atoms with Gasteiger partial charge in [0.15, 0.2) is 0 Å². The van der Waals surface area contributed by atoms with Crippen LogP contribution in [0.5, 0.6) is 0 Å². The highest BCUT2D eigenvalue weighted by molar-refractivity contribution is 7.19. The topological polar surface area (TPSA) is 46.9 Å². The zero-order chi connectivity index (χ0) is 17.4. The fourth-order valence-corrected chi connectivity index (χ4v) is 4.11. The molecule has 24 heavy (non-hydrogen) atoms. The summed E-state index contributed by atoms with van der Waals surface area (Å²) in [5, 5.41) is 8.55. The highest BCUT2D eigenvalue weighted by Gasteiger charge is 2.20. The number of halogens is 2. The Balaban J connectivity index is 1.70. The number of rotatable bonds is 4. The molecule has 1 N–H and O–H groups in total. The SMILES string of the molecule is Cc1nn(C)c(F)c1C(=O)NCCc1sc2ccc(Cl)cc2c1C. The average Bonchev–Trinajstić information content (AvgIpc) is 2.97. The number of hydrogen-bond donors (Lipinski definition) is 1. The van der Waals surface area contributed by atoms with E-state index in [2.05, 4.69) is 17.3 Å². The van der Waals surface area contributed by atoms with Gasteiger partial charge in [0.05, 0.1) is 5.69 Å². The van der Waals surface area contributed by atoms with E-state index in [1.165, 1.54) is 22.2 Å². The molecule has 0 aliphatic rings. The van der Waals surface area contributed by atoms with E-state index in [9.17, 15) is 9.18 Å². The van der Waals surface area contributed by atoms with Crippen molar-refractivity contribution < 1.29 is 9.18 Å². The zero-order valence-electron chi connectivity index (χ0n) is 13.6. The molecule has 0 saturated heterocycles. The van der Waals surface area contributed by atoms with E-state index < -0.39 is 11.9 Å². The second-order valence-corrected chi connectivity index (χ2v) is 7.24. The fourth-order valence-electron chi connectivity index (χ4n) is 2.75. The molecule has 1 aromatic carbocycles. The van der Waals surface area contributed by atoms with Gasteiger partial charge in [0.2, 0.25) is 5.95 Å². The van der Waals surface area contributed by atoms with E-state index in [1.807, 2.05) is 18.2 Å². The molecule has 4 nitrogen and oxygen atoms in total. The molecule has 0 spiro atoms. The second kappa shape index (κ2) is 6.53. The largest absolute Gasteiger partial charge is 0.351 e. The summed E-state index contributed by atoms with van der Waals surface area (Å²) in [4.78, 5) is 13.4. The number of aromatic nitrogens is 2. The van der Waals surface area contributed by atoms with Crippen molar-refractivity contribution in [2.45, 2.75) is 20.3 Å². The van der Waals surface area contributed by atoms with Crippen LogP contribution in [-0.4, -0.2) is 22.2 Å². The predicted molar refractivity (Wildman–Crippen MR) is 95.5 cm³/mol. The molecule has 0 radical (unpaired) electrons. The van der Waals surface area contributed by atoms with Crippen molar-refractivity contribution >= 4 is 38.9 Å². The lowest BCUT2D eigenvalue weighted by molar-refractivity contribution is 0.0949. The molecular formula is C17H17ClFN3OS. The maximum atomic E-state index is 13.9. The molecule has 3 rings (SSSR count). The standard InChI is InChI=1S/C17H17ClFN3OS/c1-9-12-8-11(18)4-5-14(12)24-13(9)6-7-20-17(23)15-10(2)21-22(3)16(15)19/h4-5,8H,6-7H2,1-3H3,(H,20,23). The number of carbonyl (C=O) groups excluding carboxylic acids is 1. The van der Waals surface area contributed by atoms with E-state index in [-0.39, 0.29) is 5.56 Å². The maximum absolute atomic E-state index is 13.9. The van der Waals surface area contributed by atoms with E-state index >= 15 is 0 Å². The number of benzene rings is 1. The summed E-state index contributed by atoms with van der Waals surface area (Å²) in [5.41, 5.74) is 1.58. The Bertz CT molecular complexity index is 932. The minimum Gasteiger partial charge on any atom is -0.351 e. The lowest BCUT2D eigenvalue weighted by Gasteiger charge is -2.04. The van der Waals surface area contributed by atoms with Gasteiger partial charge in [-0.1, -0.05) is 11.6 Å². The summed E-state index contributed by atoms with van der Waals surface area (Å²) in [6, 6.07) is 5.84. The normalized spacial score (nSPS) is 11.2. The van der Waals surface area contributed by atoms with E-state index in [0.29, 0.717) is 23.7 Å². The van der Waals surface area contributed by atoms with Crippen LogP contribution >= 0.6 is 22.9 Å². The first-order valence-electron chi connectivity index (χ1n) is 7.53. The van der Waals surface area contributed by atoms with Gasteiger partial charge in [-0.15, -0.1) is 11.3 Å². The molecule has 0 unspecified atom stereocenters. The van der Waals surface area contributed by atoms with Gasteiger partial charge < -0.3 is 5.32 Å². The monoisotopic (exact) mass is 365 g/mol. The molecule has 7 heteroatoms. The lowest BCUT2D eigenvalue weighted by Crippen LogP contribution is -2.26. The summed E-state index contributed by atoms with van der Waals surface area (Å²) in [7, 11) is 1.48. The van der Waals surface area contributed by atoms with Crippen molar-refractivity contribution in [3.05, 3.63) is 50.9 Å². The van der Waals surface area contributed by atoms with E-state index in [4.69, 9.17) is 11.6 Å². The van der Waals surface area contributed by atoms with Gasteiger partial charge in [0, 0.05) is 28.2 Å². The molecule has 0 aliphatic carbocycles. The van der Waals surface area contributed by atoms with Gasteiger partial charge in [-0.2, -0.15) is 9.49 Å². The number of amides is 1.